The molecule has 0 aliphatic carbocycles. The molecule has 3 rings (SSSR count). The Morgan fingerprint density at radius 1 is 1.09 bits per heavy atom. The zero-order valence-corrected chi connectivity index (χ0v) is 12.9. The van der Waals surface area contributed by atoms with Crippen LogP contribution < -0.4 is 4.74 Å². The van der Waals surface area contributed by atoms with Crippen molar-refractivity contribution < 1.29 is 9.53 Å². The van der Waals surface area contributed by atoms with Crippen molar-refractivity contribution in [3.8, 4) is 5.75 Å². The highest BCUT2D eigenvalue weighted by Gasteiger charge is 2.15. The molecule has 0 aliphatic rings. The minimum atomic E-state index is 0.0101. The van der Waals surface area contributed by atoms with E-state index in [1.165, 1.54) is 0 Å². The molecular formula is C17H16N4O2. The summed E-state index contributed by atoms with van der Waals surface area (Å²) in [4.78, 5) is 12.6. The number of aromatic nitrogens is 4. The Morgan fingerprint density at radius 3 is 2.57 bits per heavy atom. The average Bonchev–Trinajstić information content (AvgIpc) is 3.10. The number of nitrogens with zero attached hydrogens (tertiary/aromatic N) is 3. The number of H-pyrrole nitrogens is 1. The molecular weight excluding hydrogens is 292 g/mol. The molecule has 2 aromatic carbocycles. The van der Waals surface area contributed by atoms with Gasteiger partial charge < -0.3 is 4.74 Å². The fourth-order valence-corrected chi connectivity index (χ4v) is 2.33. The van der Waals surface area contributed by atoms with E-state index in [1.807, 2.05) is 44.2 Å². The molecule has 0 aliphatic heterocycles. The van der Waals surface area contributed by atoms with Crippen molar-refractivity contribution in [2.24, 2.45) is 0 Å². The van der Waals surface area contributed by atoms with Gasteiger partial charge in [-0.05, 0) is 37.1 Å². The van der Waals surface area contributed by atoms with Crippen LogP contribution in [0.15, 0.2) is 42.5 Å². The molecule has 0 unspecified atom stereocenters. The first kappa shape index (κ1) is 14.9. The van der Waals surface area contributed by atoms with Crippen LogP contribution in [0, 0.1) is 13.8 Å². The summed E-state index contributed by atoms with van der Waals surface area (Å²) in [5.74, 6) is 1.19. The monoisotopic (exact) mass is 308 g/mol. The lowest BCUT2D eigenvalue weighted by atomic mass is 9.95. The first-order chi connectivity index (χ1) is 11.2. The zero-order valence-electron chi connectivity index (χ0n) is 12.9. The van der Waals surface area contributed by atoms with Crippen molar-refractivity contribution in [1.29, 1.82) is 0 Å². The number of rotatable bonds is 5. The van der Waals surface area contributed by atoms with E-state index in [4.69, 9.17) is 4.74 Å². The third kappa shape index (κ3) is 3.11. The largest absolute Gasteiger partial charge is 0.485 e. The summed E-state index contributed by atoms with van der Waals surface area (Å²) in [5.41, 5.74) is 3.19. The standard InChI is InChI=1S/C17H16N4O2/c1-11-12(2)15(23-10-16-18-20-21-19-16)9-8-14(11)17(22)13-6-4-3-5-7-13/h3-9H,10H2,1-2H3,(H,18,19,20,21). The molecule has 3 aromatic rings. The van der Waals surface area contributed by atoms with Crippen molar-refractivity contribution in [2.45, 2.75) is 20.5 Å². The highest BCUT2D eigenvalue weighted by molar-refractivity contribution is 6.10. The van der Waals surface area contributed by atoms with E-state index in [2.05, 4.69) is 20.6 Å². The van der Waals surface area contributed by atoms with Crippen molar-refractivity contribution in [1.82, 2.24) is 20.6 Å². The second-order valence-electron chi connectivity index (χ2n) is 5.17. The Balaban J connectivity index is 1.84. The number of ether oxygens (including phenoxy) is 1. The Labute approximate surface area is 133 Å². The molecule has 1 aromatic heterocycles. The molecule has 0 amide bonds. The van der Waals surface area contributed by atoms with Gasteiger partial charge in [-0.3, -0.25) is 4.79 Å². The molecule has 0 spiro atoms. The van der Waals surface area contributed by atoms with Crippen molar-refractivity contribution >= 4 is 5.78 Å². The minimum absolute atomic E-state index is 0.0101. The lowest BCUT2D eigenvalue weighted by Gasteiger charge is -2.13. The fourth-order valence-electron chi connectivity index (χ4n) is 2.33. The van der Waals surface area contributed by atoms with E-state index in [0.29, 0.717) is 22.7 Å². The summed E-state index contributed by atoms with van der Waals surface area (Å²) >= 11 is 0. The maximum absolute atomic E-state index is 12.6. The number of aromatic amines is 1. The summed E-state index contributed by atoms with van der Waals surface area (Å²) in [5, 5.41) is 13.5. The molecule has 0 saturated carbocycles. The van der Waals surface area contributed by atoms with E-state index in [1.54, 1.807) is 12.1 Å². The van der Waals surface area contributed by atoms with Gasteiger partial charge in [0.05, 0.1) is 0 Å². The van der Waals surface area contributed by atoms with E-state index < -0.39 is 0 Å². The molecule has 0 atom stereocenters. The van der Waals surface area contributed by atoms with Crippen molar-refractivity contribution in [3.63, 3.8) is 0 Å². The summed E-state index contributed by atoms with van der Waals surface area (Å²) < 4.78 is 5.71. The number of hydrogen-bond donors (Lipinski definition) is 1. The summed E-state index contributed by atoms with van der Waals surface area (Å²) in [6.07, 6.45) is 0. The summed E-state index contributed by atoms with van der Waals surface area (Å²) in [7, 11) is 0. The Hall–Kier alpha value is -3.02. The van der Waals surface area contributed by atoms with Crippen LogP contribution in [-0.4, -0.2) is 26.4 Å². The molecule has 23 heavy (non-hydrogen) atoms. The second-order valence-corrected chi connectivity index (χ2v) is 5.17. The van der Waals surface area contributed by atoms with Crippen LogP contribution in [-0.2, 0) is 6.61 Å². The maximum atomic E-state index is 12.6. The van der Waals surface area contributed by atoms with Crippen LogP contribution in [0.25, 0.3) is 0 Å². The number of hydrogen-bond acceptors (Lipinski definition) is 5. The van der Waals surface area contributed by atoms with Crippen LogP contribution in [0.3, 0.4) is 0 Å². The molecule has 0 fully saturated rings. The van der Waals surface area contributed by atoms with Crippen molar-refractivity contribution in [2.75, 3.05) is 0 Å². The SMILES string of the molecule is Cc1c(OCc2nn[nH]n2)ccc(C(=O)c2ccccc2)c1C. The second kappa shape index (κ2) is 6.39. The maximum Gasteiger partial charge on any atom is 0.211 e. The van der Waals surface area contributed by atoms with Gasteiger partial charge in [0, 0.05) is 11.1 Å². The first-order valence-corrected chi connectivity index (χ1v) is 7.22. The summed E-state index contributed by atoms with van der Waals surface area (Å²) in [6.45, 7) is 4.08. The number of ketones is 1. The molecule has 1 heterocycles. The zero-order chi connectivity index (χ0) is 16.2. The van der Waals surface area contributed by atoms with E-state index >= 15 is 0 Å². The highest BCUT2D eigenvalue weighted by atomic mass is 16.5. The van der Waals surface area contributed by atoms with Gasteiger partial charge >= 0.3 is 0 Å². The Bertz CT molecular complexity index is 814. The summed E-state index contributed by atoms with van der Waals surface area (Å²) in [6, 6.07) is 12.8. The number of benzene rings is 2. The van der Waals surface area contributed by atoms with Crippen LogP contribution in [0.1, 0.15) is 32.9 Å². The van der Waals surface area contributed by atoms with Gasteiger partial charge in [-0.25, -0.2) is 0 Å². The third-order valence-corrected chi connectivity index (χ3v) is 3.76. The molecule has 116 valence electrons. The predicted molar refractivity (Wildman–Crippen MR) is 84.3 cm³/mol. The van der Waals surface area contributed by atoms with Gasteiger partial charge in [-0.2, -0.15) is 5.21 Å². The van der Waals surface area contributed by atoms with E-state index in [0.717, 1.165) is 11.1 Å². The van der Waals surface area contributed by atoms with Crippen LogP contribution in [0.2, 0.25) is 0 Å². The average molecular weight is 308 g/mol. The van der Waals surface area contributed by atoms with Crippen LogP contribution in [0.4, 0.5) is 0 Å². The van der Waals surface area contributed by atoms with Gasteiger partial charge in [0.1, 0.15) is 5.75 Å². The van der Waals surface area contributed by atoms with Crippen molar-refractivity contribution in [3.05, 3.63) is 70.5 Å². The molecule has 0 saturated heterocycles. The van der Waals surface area contributed by atoms with Gasteiger partial charge in [0.15, 0.2) is 12.4 Å². The molecule has 0 radical (unpaired) electrons. The Morgan fingerprint density at radius 2 is 1.87 bits per heavy atom. The Kier molecular flexibility index (Phi) is 4.14. The number of carbonyl (C=O) groups excluding carboxylic acids is 1. The normalized spacial score (nSPS) is 10.5. The molecule has 6 nitrogen and oxygen atoms in total. The van der Waals surface area contributed by atoms with Gasteiger partial charge in [0.25, 0.3) is 0 Å². The van der Waals surface area contributed by atoms with Crippen LogP contribution >= 0.6 is 0 Å². The quantitative estimate of drug-likeness (QED) is 0.733. The van der Waals surface area contributed by atoms with Gasteiger partial charge in [-0.1, -0.05) is 35.5 Å². The fraction of sp³-hybridized carbons (Fsp3) is 0.176. The van der Waals surface area contributed by atoms with E-state index in [-0.39, 0.29) is 12.4 Å². The molecule has 6 heteroatoms. The van der Waals surface area contributed by atoms with E-state index in [9.17, 15) is 4.79 Å². The topological polar surface area (TPSA) is 80.8 Å². The predicted octanol–water partition coefficient (Wildman–Crippen LogP) is 2.63. The van der Waals surface area contributed by atoms with Gasteiger partial charge in [-0.15, -0.1) is 10.2 Å². The molecule has 0 bridgehead atoms. The smallest absolute Gasteiger partial charge is 0.211 e. The first-order valence-electron chi connectivity index (χ1n) is 7.22. The number of tetrazole rings is 1. The number of nitrogens with one attached hydrogen (secondary N) is 1. The lowest BCUT2D eigenvalue weighted by molar-refractivity contribution is 0.103. The highest BCUT2D eigenvalue weighted by Crippen LogP contribution is 2.26. The van der Waals surface area contributed by atoms with Crippen LogP contribution in [0.5, 0.6) is 5.75 Å². The lowest BCUT2D eigenvalue weighted by Crippen LogP contribution is -2.06. The van der Waals surface area contributed by atoms with Gasteiger partial charge in [0.2, 0.25) is 5.82 Å². The third-order valence-electron chi connectivity index (χ3n) is 3.76. The molecule has 1 N–H and O–H groups in total. The number of carbonyl (C=O) groups is 1. The minimum Gasteiger partial charge on any atom is -0.485 e.